The molecule has 1 fully saturated rings. The average molecular weight is 270 g/mol. The molecule has 0 spiro atoms. The van der Waals surface area contributed by atoms with Gasteiger partial charge in [0, 0.05) is 24.9 Å². The molecule has 1 N–H and O–H groups in total. The number of thioether (sulfide) groups is 1. The van der Waals surface area contributed by atoms with E-state index in [1.165, 1.54) is 0 Å². The lowest BCUT2D eigenvalue weighted by Gasteiger charge is -2.17. The summed E-state index contributed by atoms with van der Waals surface area (Å²) < 4.78 is 35.9. The molecule has 1 unspecified atom stereocenters. The summed E-state index contributed by atoms with van der Waals surface area (Å²) in [4.78, 5) is 2.13. The Kier molecular flexibility index (Phi) is 6.09. The molecule has 17 heavy (non-hydrogen) atoms. The van der Waals surface area contributed by atoms with Crippen molar-refractivity contribution < 1.29 is 13.2 Å². The molecule has 1 atom stereocenters. The van der Waals surface area contributed by atoms with E-state index < -0.39 is 5.51 Å². The molecule has 0 aromatic rings. The lowest BCUT2D eigenvalue weighted by Crippen LogP contribution is -2.31. The second-order valence-corrected chi connectivity index (χ2v) is 5.97. The first kappa shape index (κ1) is 15.1. The number of alkyl halides is 3. The normalized spacial score (nSPS) is 22.6. The van der Waals surface area contributed by atoms with Gasteiger partial charge in [-0.05, 0) is 37.2 Å². The third kappa shape index (κ3) is 7.16. The van der Waals surface area contributed by atoms with Gasteiger partial charge in [0.15, 0.2) is 0 Å². The van der Waals surface area contributed by atoms with Gasteiger partial charge in [-0.2, -0.15) is 13.2 Å². The Labute approximate surface area is 105 Å². The van der Waals surface area contributed by atoms with Crippen molar-refractivity contribution in [3.05, 3.63) is 0 Å². The smallest absolute Gasteiger partial charge is 0.314 e. The van der Waals surface area contributed by atoms with Gasteiger partial charge in [0.1, 0.15) is 0 Å². The molecule has 0 aromatic heterocycles. The highest BCUT2D eigenvalue weighted by Crippen LogP contribution is 2.30. The highest BCUT2D eigenvalue weighted by Gasteiger charge is 2.29. The molecule has 0 radical (unpaired) electrons. The molecule has 1 aliphatic heterocycles. The van der Waals surface area contributed by atoms with Crippen molar-refractivity contribution in [1.82, 2.24) is 10.2 Å². The number of likely N-dealkylation sites (tertiary alicyclic amines) is 1. The molecule has 1 rings (SSSR count). The zero-order chi connectivity index (χ0) is 12.9. The van der Waals surface area contributed by atoms with Gasteiger partial charge in [-0.25, -0.2) is 0 Å². The van der Waals surface area contributed by atoms with E-state index in [1.54, 1.807) is 0 Å². The van der Waals surface area contributed by atoms with Crippen LogP contribution in [0.25, 0.3) is 0 Å². The quantitative estimate of drug-likeness (QED) is 0.798. The first-order chi connectivity index (χ1) is 7.87. The van der Waals surface area contributed by atoms with Crippen LogP contribution >= 0.6 is 11.8 Å². The van der Waals surface area contributed by atoms with Crippen LogP contribution in [-0.2, 0) is 0 Å². The molecule has 0 bridgehead atoms. The lowest BCUT2D eigenvalue weighted by atomic mass is 10.1. The van der Waals surface area contributed by atoms with Crippen LogP contribution in [0, 0.1) is 5.92 Å². The topological polar surface area (TPSA) is 15.3 Å². The van der Waals surface area contributed by atoms with Crippen LogP contribution in [0.1, 0.15) is 20.3 Å². The van der Waals surface area contributed by atoms with Gasteiger partial charge in [0.2, 0.25) is 0 Å². The fourth-order valence-electron chi connectivity index (χ4n) is 1.98. The van der Waals surface area contributed by atoms with E-state index in [-0.39, 0.29) is 17.5 Å². The minimum atomic E-state index is -4.08. The first-order valence-electron chi connectivity index (χ1n) is 6.03. The van der Waals surface area contributed by atoms with E-state index in [1.807, 2.05) is 0 Å². The van der Waals surface area contributed by atoms with Gasteiger partial charge in [0.05, 0.1) is 0 Å². The second-order valence-electron chi connectivity index (χ2n) is 4.81. The summed E-state index contributed by atoms with van der Waals surface area (Å²) in [5.41, 5.74) is -4.08. The SMILES string of the molecule is CC(C)NCC1CCN(CCSC(F)(F)F)C1. The molecule has 0 aliphatic carbocycles. The van der Waals surface area contributed by atoms with Gasteiger partial charge < -0.3 is 10.2 Å². The number of hydrogen-bond acceptors (Lipinski definition) is 3. The highest BCUT2D eigenvalue weighted by atomic mass is 32.2. The van der Waals surface area contributed by atoms with E-state index in [0.29, 0.717) is 18.5 Å². The van der Waals surface area contributed by atoms with Crippen LogP contribution < -0.4 is 5.32 Å². The summed E-state index contributed by atoms with van der Waals surface area (Å²) >= 11 is 0.0826. The van der Waals surface area contributed by atoms with Gasteiger partial charge in [0.25, 0.3) is 0 Å². The Morgan fingerprint density at radius 2 is 2.12 bits per heavy atom. The molecule has 1 aliphatic rings. The van der Waals surface area contributed by atoms with Gasteiger partial charge in [-0.3, -0.25) is 0 Å². The van der Waals surface area contributed by atoms with Crippen molar-refractivity contribution in [1.29, 1.82) is 0 Å². The van der Waals surface area contributed by atoms with Crippen molar-refractivity contribution in [3.63, 3.8) is 0 Å². The Bertz CT molecular complexity index is 221. The number of halogens is 3. The summed E-state index contributed by atoms with van der Waals surface area (Å²) in [7, 11) is 0. The van der Waals surface area contributed by atoms with Gasteiger partial charge in [-0.15, -0.1) is 0 Å². The van der Waals surface area contributed by atoms with E-state index in [4.69, 9.17) is 0 Å². The zero-order valence-electron chi connectivity index (χ0n) is 10.4. The molecule has 2 nitrogen and oxygen atoms in total. The Hall–Kier alpha value is 0.0600. The van der Waals surface area contributed by atoms with E-state index in [2.05, 4.69) is 24.1 Å². The fourth-order valence-corrected chi connectivity index (χ4v) is 2.56. The number of rotatable bonds is 6. The standard InChI is InChI=1S/C11H21F3N2S/c1-9(2)15-7-10-3-4-16(8-10)5-6-17-11(12,13)14/h9-10,15H,3-8H2,1-2H3. The number of nitrogens with zero attached hydrogens (tertiary/aromatic N) is 1. The third-order valence-corrected chi connectivity index (χ3v) is 3.57. The summed E-state index contributed by atoms with van der Waals surface area (Å²) in [6, 6.07) is 0.477. The summed E-state index contributed by atoms with van der Waals surface area (Å²) in [5.74, 6) is 0.738. The minimum absolute atomic E-state index is 0.0826. The molecule has 0 saturated carbocycles. The Morgan fingerprint density at radius 3 is 2.71 bits per heavy atom. The fraction of sp³-hybridized carbons (Fsp3) is 1.00. The highest BCUT2D eigenvalue weighted by molar-refractivity contribution is 8.00. The van der Waals surface area contributed by atoms with Gasteiger partial charge >= 0.3 is 5.51 Å². The van der Waals surface area contributed by atoms with Crippen LogP contribution in [0.5, 0.6) is 0 Å². The van der Waals surface area contributed by atoms with Crippen molar-refractivity contribution >= 4 is 11.8 Å². The molecular formula is C11H21F3N2S. The molecule has 6 heteroatoms. The van der Waals surface area contributed by atoms with Crippen LogP contribution in [0.4, 0.5) is 13.2 Å². The predicted molar refractivity (Wildman–Crippen MR) is 66.2 cm³/mol. The van der Waals surface area contributed by atoms with Crippen LogP contribution in [0.3, 0.4) is 0 Å². The zero-order valence-corrected chi connectivity index (χ0v) is 11.2. The number of hydrogen-bond donors (Lipinski definition) is 1. The predicted octanol–water partition coefficient (Wildman–Crippen LogP) is 2.56. The summed E-state index contributed by atoms with van der Waals surface area (Å²) in [6.45, 7) is 7.59. The van der Waals surface area contributed by atoms with Crippen LogP contribution in [0.2, 0.25) is 0 Å². The Balaban J connectivity index is 2.09. The van der Waals surface area contributed by atoms with E-state index in [9.17, 15) is 13.2 Å². The molecule has 0 aromatic carbocycles. The average Bonchev–Trinajstić information content (AvgIpc) is 2.61. The van der Waals surface area contributed by atoms with Crippen LogP contribution in [0.15, 0.2) is 0 Å². The molecule has 1 saturated heterocycles. The molecule has 102 valence electrons. The van der Waals surface area contributed by atoms with Crippen molar-refractivity contribution in [2.75, 3.05) is 31.9 Å². The monoisotopic (exact) mass is 270 g/mol. The maximum absolute atomic E-state index is 12.0. The van der Waals surface area contributed by atoms with Crippen molar-refractivity contribution in [2.45, 2.75) is 31.8 Å². The molecular weight excluding hydrogens is 249 g/mol. The minimum Gasteiger partial charge on any atom is -0.314 e. The van der Waals surface area contributed by atoms with Gasteiger partial charge in [-0.1, -0.05) is 13.8 Å². The van der Waals surface area contributed by atoms with E-state index >= 15 is 0 Å². The third-order valence-electron chi connectivity index (χ3n) is 2.86. The summed E-state index contributed by atoms with van der Waals surface area (Å²) in [5, 5.41) is 3.38. The first-order valence-corrected chi connectivity index (χ1v) is 7.02. The summed E-state index contributed by atoms with van der Waals surface area (Å²) in [6.07, 6.45) is 1.09. The molecule has 1 heterocycles. The largest absolute Gasteiger partial charge is 0.441 e. The maximum Gasteiger partial charge on any atom is 0.441 e. The van der Waals surface area contributed by atoms with E-state index in [0.717, 1.165) is 26.1 Å². The Morgan fingerprint density at radius 1 is 1.41 bits per heavy atom. The maximum atomic E-state index is 12.0. The lowest BCUT2D eigenvalue weighted by molar-refractivity contribution is -0.0328. The molecule has 0 amide bonds. The van der Waals surface area contributed by atoms with Crippen molar-refractivity contribution in [3.8, 4) is 0 Å². The van der Waals surface area contributed by atoms with Crippen molar-refractivity contribution in [2.24, 2.45) is 5.92 Å². The van der Waals surface area contributed by atoms with Crippen LogP contribution in [-0.4, -0.2) is 48.4 Å². The second kappa shape index (κ2) is 6.85. The number of nitrogens with one attached hydrogen (secondary N) is 1.